The van der Waals surface area contributed by atoms with Crippen molar-refractivity contribution in [1.82, 2.24) is 14.7 Å². The lowest BCUT2D eigenvalue weighted by atomic mass is 10.0. The van der Waals surface area contributed by atoms with Crippen molar-refractivity contribution >= 4 is 22.5 Å². The van der Waals surface area contributed by atoms with Crippen molar-refractivity contribution in [2.24, 2.45) is 7.05 Å². The molecule has 0 aromatic carbocycles. The predicted octanol–water partition coefficient (Wildman–Crippen LogP) is 1.15. The van der Waals surface area contributed by atoms with Gasteiger partial charge in [0.1, 0.15) is 0 Å². The Bertz CT molecular complexity index is 603. The summed E-state index contributed by atoms with van der Waals surface area (Å²) in [6.07, 6.45) is 4.64. The highest BCUT2D eigenvalue weighted by molar-refractivity contribution is 7.86. The molecule has 23 heavy (non-hydrogen) atoms. The fourth-order valence-corrected chi connectivity index (χ4v) is 5.32. The number of amides is 1. The summed E-state index contributed by atoms with van der Waals surface area (Å²) >= 11 is 0. The normalized spacial score (nSPS) is 33.2. The zero-order valence-corrected chi connectivity index (χ0v) is 15.0. The van der Waals surface area contributed by atoms with Gasteiger partial charge >= 0.3 is 0 Å². The third-order valence-electron chi connectivity index (χ3n) is 4.94. The van der Waals surface area contributed by atoms with E-state index in [1.54, 1.807) is 4.68 Å². The number of carbonyl (C=O) groups excluding carboxylic acids is 1. The Morgan fingerprint density at radius 3 is 2.83 bits per heavy atom. The largest absolute Gasteiger partial charge is 0.294 e. The zero-order valence-electron chi connectivity index (χ0n) is 14.1. The number of nitrogens with zero attached hydrogens (tertiary/aromatic N) is 4. The molecule has 4 atom stereocenters. The molecule has 0 spiro atoms. The lowest BCUT2D eigenvalue weighted by molar-refractivity contribution is -0.125. The van der Waals surface area contributed by atoms with Gasteiger partial charge in [-0.05, 0) is 26.2 Å². The van der Waals surface area contributed by atoms with Crippen LogP contribution in [0.5, 0.6) is 0 Å². The van der Waals surface area contributed by atoms with Gasteiger partial charge in [-0.3, -0.25) is 23.5 Å². The lowest BCUT2D eigenvalue weighted by Gasteiger charge is -2.43. The van der Waals surface area contributed by atoms with Gasteiger partial charge in [0.15, 0.2) is 5.82 Å². The molecule has 3 rings (SSSR count). The second kappa shape index (κ2) is 6.73. The van der Waals surface area contributed by atoms with Gasteiger partial charge in [-0.15, -0.1) is 0 Å². The van der Waals surface area contributed by atoms with Crippen LogP contribution in [0.4, 0.5) is 5.82 Å². The maximum Gasteiger partial charge on any atom is 0.245 e. The highest BCUT2D eigenvalue weighted by Crippen LogP contribution is 2.26. The number of aromatic nitrogens is 2. The van der Waals surface area contributed by atoms with Crippen LogP contribution >= 0.6 is 0 Å². The molecule has 2 fully saturated rings. The molecule has 2 saturated heterocycles. The number of carbonyl (C=O) groups is 1. The van der Waals surface area contributed by atoms with Gasteiger partial charge in [0.2, 0.25) is 5.91 Å². The Morgan fingerprint density at radius 2 is 2.17 bits per heavy atom. The minimum absolute atomic E-state index is 0.0976. The number of hydrogen-bond donors (Lipinski definition) is 0. The molecule has 3 heterocycles. The average Bonchev–Trinajstić information content (AvgIpc) is 2.96. The molecule has 0 bridgehead atoms. The van der Waals surface area contributed by atoms with Gasteiger partial charge in [-0.2, -0.15) is 5.10 Å². The van der Waals surface area contributed by atoms with Crippen LogP contribution in [0.3, 0.4) is 0 Å². The minimum atomic E-state index is -0.783. The van der Waals surface area contributed by atoms with E-state index in [2.05, 4.69) is 16.9 Å². The Labute approximate surface area is 140 Å². The summed E-state index contributed by atoms with van der Waals surface area (Å²) in [7, 11) is 1.08. The van der Waals surface area contributed by atoms with Crippen molar-refractivity contribution in [2.75, 3.05) is 24.5 Å². The fourth-order valence-electron chi connectivity index (χ4n) is 3.66. The predicted molar refractivity (Wildman–Crippen MR) is 91.8 cm³/mol. The molecule has 4 unspecified atom stereocenters. The standard InChI is InChI=1S/C16H26N4O2S/c1-4-13-11-19(10-12(2)23(13)22)14-6-5-8-20(16(14)21)15-7-9-18(3)17-15/h7,9,12-14H,4-6,8,10-11H2,1-3H3. The number of anilines is 1. The molecular formula is C16H26N4O2S. The highest BCUT2D eigenvalue weighted by atomic mass is 32.2. The first kappa shape index (κ1) is 16.6. The van der Waals surface area contributed by atoms with Crippen LogP contribution in [0, 0.1) is 0 Å². The van der Waals surface area contributed by atoms with Crippen LogP contribution < -0.4 is 4.90 Å². The Hall–Kier alpha value is -1.21. The van der Waals surface area contributed by atoms with E-state index in [9.17, 15) is 9.00 Å². The molecule has 1 amide bonds. The summed E-state index contributed by atoms with van der Waals surface area (Å²) in [5.74, 6) is 0.882. The third kappa shape index (κ3) is 3.21. The molecule has 1 aromatic rings. The van der Waals surface area contributed by atoms with Crippen LogP contribution in [0.1, 0.15) is 33.1 Å². The highest BCUT2D eigenvalue weighted by Gasteiger charge is 2.40. The third-order valence-corrected chi connectivity index (χ3v) is 7.02. The van der Waals surface area contributed by atoms with Gasteiger partial charge < -0.3 is 0 Å². The lowest BCUT2D eigenvalue weighted by Crippen LogP contribution is -2.59. The smallest absolute Gasteiger partial charge is 0.245 e. The van der Waals surface area contributed by atoms with Gasteiger partial charge in [0.25, 0.3) is 0 Å². The molecule has 2 aliphatic rings. The average molecular weight is 338 g/mol. The molecule has 0 saturated carbocycles. The van der Waals surface area contributed by atoms with Crippen LogP contribution in [0.25, 0.3) is 0 Å². The molecule has 128 valence electrons. The minimum Gasteiger partial charge on any atom is -0.294 e. The summed E-state index contributed by atoms with van der Waals surface area (Å²) in [4.78, 5) is 17.0. The molecule has 0 radical (unpaired) electrons. The van der Waals surface area contributed by atoms with E-state index in [-0.39, 0.29) is 22.4 Å². The monoisotopic (exact) mass is 338 g/mol. The van der Waals surface area contributed by atoms with Crippen molar-refractivity contribution in [3.8, 4) is 0 Å². The van der Waals surface area contributed by atoms with Crippen molar-refractivity contribution in [1.29, 1.82) is 0 Å². The Kier molecular flexibility index (Phi) is 4.87. The van der Waals surface area contributed by atoms with Crippen molar-refractivity contribution < 1.29 is 9.00 Å². The molecule has 1 aromatic heterocycles. The summed E-state index contributed by atoms with van der Waals surface area (Å²) in [5.41, 5.74) is 0. The van der Waals surface area contributed by atoms with Gasteiger partial charge in [0, 0.05) is 60.2 Å². The van der Waals surface area contributed by atoms with E-state index in [1.165, 1.54) is 0 Å². The van der Waals surface area contributed by atoms with E-state index in [4.69, 9.17) is 0 Å². The Balaban J connectivity index is 1.77. The van der Waals surface area contributed by atoms with Crippen molar-refractivity contribution in [3.05, 3.63) is 12.3 Å². The zero-order chi connectivity index (χ0) is 16.6. The number of piperidine rings is 1. The summed E-state index contributed by atoms with van der Waals surface area (Å²) in [5, 5.41) is 4.69. The van der Waals surface area contributed by atoms with E-state index in [0.29, 0.717) is 0 Å². The first-order chi connectivity index (χ1) is 11.0. The number of aryl methyl sites for hydroxylation is 1. The summed E-state index contributed by atoms with van der Waals surface area (Å²) in [6, 6.07) is 1.79. The van der Waals surface area contributed by atoms with Crippen LogP contribution in [-0.2, 0) is 22.6 Å². The van der Waals surface area contributed by atoms with E-state index >= 15 is 0 Å². The molecule has 7 heteroatoms. The fraction of sp³-hybridized carbons (Fsp3) is 0.750. The number of hydrogen-bond acceptors (Lipinski definition) is 4. The van der Waals surface area contributed by atoms with E-state index < -0.39 is 10.8 Å². The first-order valence-electron chi connectivity index (χ1n) is 8.45. The molecule has 0 N–H and O–H groups in total. The van der Waals surface area contributed by atoms with Crippen molar-refractivity contribution in [2.45, 2.75) is 49.7 Å². The van der Waals surface area contributed by atoms with Crippen LogP contribution in [0.2, 0.25) is 0 Å². The van der Waals surface area contributed by atoms with E-state index in [0.717, 1.165) is 44.7 Å². The number of rotatable bonds is 3. The van der Waals surface area contributed by atoms with E-state index in [1.807, 2.05) is 31.1 Å². The van der Waals surface area contributed by atoms with Gasteiger partial charge in [-0.25, -0.2) is 0 Å². The van der Waals surface area contributed by atoms with Crippen molar-refractivity contribution in [3.63, 3.8) is 0 Å². The summed E-state index contributed by atoms with van der Waals surface area (Å²) < 4.78 is 14.1. The maximum atomic E-state index is 13.0. The van der Waals surface area contributed by atoms with Gasteiger partial charge in [0.05, 0.1) is 6.04 Å². The maximum absolute atomic E-state index is 13.0. The molecule has 6 nitrogen and oxygen atoms in total. The molecule has 2 aliphatic heterocycles. The van der Waals surface area contributed by atoms with Gasteiger partial charge in [-0.1, -0.05) is 6.92 Å². The SMILES string of the molecule is CCC1CN(C2CCCN(c3ccn(C)n3)C2=O)CC(C)S1=O. The summed E-state index contributed by atoms with van der Waals surface area (Å²) in [6.45, 7) is 6.37. The quantitative estimate of drug-likeness (QED) is 0.829. The Morgan fingerprint density at radius 1 is 1.39 bits per heavy atom. The topological polar surface area (TPSA) is 58.4 Å². The second-order valence-corrected chi connectivity index (χ2v) is 8.75. The molecular weight excluding hydrogens is 312 g/mol. The van der Waals surface area contributed by atoms with Crippen LogP contribution in [0.15, 0.2) is 12.3 Å². The second-order valence-electron chi connectivity index (χ2n) is 6.62. The van der Waals surface area contributed by atoms with Crippen LogP contribution in [-0.4, -0.2) is 61.0 Å². The molecule has 0 aliphatic carbocycles. The first-order valence-corrected chi connectivity index (χ1v) is 9.73.